The number of para-hydroxylation sites is 1. The molecule has 0 radical (unpaired) electrons. The van der Waals surface area contributed by atoms with Gasteiger partial charge in [-0.25, -0.2) is 15.0 Å². The van der Waals surface area contributed by atoms with Gasteiger partial charge in [-0.05, 0) is 63.9 Å². The lowest BCUT2D eigenvalue weighted by Gasteiger charge is -2.13. The molecule has 11 aromatic rings. The first-order chi connectivity index (χ1) is 26.7. The van der Waals surface area contributed by atoms with E-state index in [1.54, 1.807) is 0 Å². The fourth-order valence-corrected chi connectivity index (χ4v) is 8.01. The van der Waals surface area contributed by atoms with Crippen LogP contribution in [-0.2, 0) is 0 Å². The van der Waals surface area contributed by atoms with E-state index in [0.717, 1.165) is 93.5 Å². The molecule has 0 saturated heterocycles. The van der Waals surface area contributed by atoms with Gasteiger partial charge in [-0.3, -0.25) is 4.98 Å². The lowest BCUT2D eigenvalue weighted by Crippen LogP contribution is -1.93. The maximum atomic E-state index is 5.30. The molecule has 0 saturated carbocycles. The topological polar surface area (TPSA) is 51.6 Å². The molecule has 0 bridgehead atoms. The fraction of sp³-hybridized carbons (Fsp3) is 0. The van der Waals surface area contributed by atoms with Crippen LogP contribution in [-0.4, -0.2) is 19.9 Å². The fourth-order valence-electron chi connectivity index (χ4n) is 8.01. The van der Waals surface area contributed by atoms with Gasteiger partial charge in [-0.1, -0.05) is 140 Å². The molecule has 0 amide bonds. The zero-order chi connectivity index (χ0) is 35.6. The Balaban J connectivity index is 1.01. The van der Waals surface area contributed by atoms with Gasteiger partial charge in [0.25, 0.3) is 0 Å². The number of aromatic nitrogens is 4. The van der Waals surface area contributed by atoms with Crippen molar-refractivity contribution in [1.29, 1.82) is 0 Å². The molecule has 11 rings (SSSR count). The van der Waals surface area contributed by atoms with Crippen molar-refractivity contribution < 1.29 is 0 Å². The van der Waals surface area contributed by atoms with Crippen molar-refractivity contribution in [2.24, 2.45) is 0 Å². The van der Waals surface area contributed by atoms with Crippen LogP contribution >= 0.6 is 0 Å². The van der Waals surface area contributed by atoms with Gasteiger partial charge in [-0.15, -0.1) is 0 Å². The van der Waals surface area contributed by atoms with Crippen molar-refractivity contribution in [3.63, 3.8) is 0 Å². The molecule has 4 heterocycles. The smallest absolute Gasteiger partial charge is 0.0978 e. The van der Waals surface area contributed by atoms with Crippen molar-refractivity contribution in [3.8, 4) is 44.8 Å². The van der Waals surface area contributed by atoms with Gasteiger partial charge in [0, 0.05) is 49.8 Å². The van der Waals surface area contributed by atoms with Crippen LogP contribution in [0.3, 0.4) is 0 Å². The number of rotatable bonds is 4. The summed E-state index contributed by atoms with van der Waals surface area (Å²) in [6, 6.07) is 61.9. The van der Waals surface area contributed by atoms with Crippen molar-refractivity contribution in [2.45, 2.75) is 0 Å². The molecule has 0 fully saturated rings. The van der Waals surface area contributed by atoms with Gasteiger partial charge < -0.3 is 0 Å². The maximum absolute atomic E-state index is 5.30. The van der Waals surface area contributed by atoms with Crippen LogP contribution < -0.4 is 0 Å². The van der Waals surface area contributed by atoms with Crippen LogP contribution in [0.25, 0.3) is 110 Å². The van der Waals surface area contributed by atoms with E-state index in [2.05, 4.69) is 158 Å². The summed E-state index contributed by atoms with van der Waals surface area (Å²) < 4.78 is 0. The summed E-state index contributed by atoms with van der Waals surface area (Å²) >= 11 is 0. The molecule has 4 aromatic heterocycles. The Kier molecular flexibility index (Phi) is 6.82. The van der Waals surface area contributed by atoms with Crippen LogP contribution in [0.2, 0.25) is 0 Å². The second-order valence-electron chi connectivity index (χ2n) is 13.8. The Hall–Kier alpha value is -7.30. The van der Waals surface area contributed by atoms with Gasteiger partial charge in [0.05, 0.1) is 39.0 Å². The Morgan fingerprint density at radius 1 is 0.315 bits per heavy atom. The lowest BCUT2D eigenvalue weighted by molar-refractivity contribution is 1.37. The molecule has 0 aliphatic carbocycles. The highest BCUT2D eigenvalue weighted by molar-refractivity contribution is 6.16. The normalized spacial score (nSPS) is 11.7. The number of hydrogen-bond acceptors (Lipinski definition) is 4. The van der Waals surface area contributed by atoms with E-state index >= 15 is 0 Å². The van der Waals surface area contributed by atoms with Crippen molar-refractivity contribution in [1.82, 2.24) is 19.9 Å². The van der Waals surface area contributed by atoms with Crippen LogP contribution in [0.15, 0.2) is 182 Å². The monoisotopic (exact) mass is 686 g/mol. The van der Waals surface area contributed by atoms with E-state index in [4.69, 9.17) is 19.9 Å². The second-order valence-corrected chi connectivity index (χ2v) is 13.8. The molecule has 0 unspecified atom stereocenters. The summed E-state index contributed by atoms with van der Waals surface area (Å²) in [6.45, 7) is 0. The van der Waals surface area contributed by atoms with Gasteiger partial charge in [0.15, 0.2) is 0 Å². The number of benzene rings is 7. The predicted molar refractivity (Wildman–Crippen MR) is 224 cm³/mol. The Morgan fingerprint density at radius 3 is 1.65 bits per heavy atom. The van der Waals surface area contributed by atoms with E-state index in [1.807, 2.05) is 24.4 Å². The quantitative estimate of drug-likeness (QED) is 0.137. The summed E-state index contributed by atoms with van der Waals surface area (Å²) in [5, 5.41) is 7.80. The molecular weight excluding hydrogens is 657 g/mol. The summed E-state index contributed by atoms with van der Waals surface area (Å²) in [7, 11) is 0. The molecule has 0 aliphatic heterocycles. The molecule has 54 heavy (non-hydrogen) atoms. The lowest BCUT2D eigenvalue weighted by atomic mass is 9.95. The van der Waals surface area contributed by atoms with Crippen molar-refractivity contribution in [3.05, 3.63) is 182 Å². The summed E-state index contributed by atoms with van der Waals surface area (Å²) in [4.78, 5) is 20.4. The third kappa shape index (κ3) is 4.92. The zero-order valence-electron chi connectivity index (χ0n) is 29.1. The molecule has 0 atom stereocenters. The molecule has 0 N–H and O–H groups in total. The zero-order valence-corrected chi connectivity index (χ0v) is 29.1. The number of fused-ring (bicyclic) bond motifs is 8. The minimum Gasteiger partial charge on any atom is -0.254 e. The highest BCUT2D eigenvalue weighted by atomic mass is 14.8. The highest BCUT2D eigenvalue weighted by Crippen LogP contribution is 2.39. The van der Waals surface area contributed by atoms with Crippen molar-refractivity contribution >= 4 is 65.3 Å². The van der Waals surface area contributed by atoms with Crippen LogP contribution in [0.4, 0.5) is 0 Å². The summed E-state index contributed by atoms with van der Waals surface area (Å²) in [6.07, 6.45) is 1.90. The summed E-state index contributed by atoms with van der Waals surface area (Å²) in [5.41, 5.74) is 13.3. The first kappa shape index (κ1) is 30.3. The largest absolute Gasteiger partial charge is 0.254 e. The van der Waals surface area contributed by atoms with E-state index in [-0.39, 0.29) is 0 Å². The minimum atomic E-state index is 0.908. The third-order valence-electron chi connectivity index (χ3n) is 10.7. The Bertz CT molecular complexity index is 3270. The van der Waals surface area contributed by atoms with Crippen LogP contribution in [0.1, 0.15) is 0 Å². The van der Waals surface area contributed by atoms with Crippen LogP contribution in [0, 0.1) is 0 Å². The molecule has 7 aromatic carbocycles. The molecule has 4 nitrogen and oxygen atoms in total. The van der Waals surface area contributed by atoms with E-state index in [9.17, 15) is 0 Å². The third-order valence-corrected chi connectivity index (χ3v) is 10.7. The van der Waals surface area contributed by atoms with Gasteiger partial charge >= 0.3 is 0 Å². The van der Waals surface area contributed by atoms with Crippen molar-refractivity contribution in [2.75, 3.05) is 0 Å². The van der Waals surface area contributed by atoms with E-state index < -0.39 is 0 Å². The molecular formula is C50H30N4. The van der Waals surface area contributed by atoms with Gasteiger partial charge in [-0.2, -0.15) is 0 Å². The second kappa shape index (κ2) is 12.1. The van der Waals surface area contributed by atoms with Gasteiger partial charge in [0.2, 0.25) is 0 Å². The first-order valence-corrected chi connectivity index (χ1v) is 18.2. The molecule has 0 spiro atoms. The number of nitrogens with zero attached hydrogens (tertiary/aromatic N) is 4. The number of pyridine rings is 4. The first-order valence-electron chi connectivity index (χ1n) is 18.2. The highest BCUT2D eigenvalue weighted by Gasteiger charge is 2.16. The molecule has 250 valence electrons. The van der Waals surface area contributed by atoms with Gasteiger partial charge in [0.1, 0.15) is 0 Å². The Labute approximate surface area is 311 Å². The SMILES string of the molecule is c1ccc(-c2ccc3ccc4c(-c5ccc6cc(-c7ccc8ccc9c(-c%10ccccc%10)c%10ccccc%10nc9c8n7)ccc6c5)ccnc4c3n2)cc1. The maximum Gasteiger partial charge on any atom is 0.0978 e. The Morgan fingerprint density at radius 2 is 0.889 bits per heavy atom. The predicted octanol–water partition coefficient (Wildman–Crippen LogP) is 12.9. The van der Waals surface area contributed by atoms with E-state index in [1.165, 1.54) is 16.5 Å². The average molecular weight is 687 g/mol. The minimum absolute atomic E-state index is 0.908. The molecule has 4 heteroatoms. The van der Waals surface area contributed by atoms with Crippen LogP contribution in [0.5, 0.6) is 0 Å². The summed E-state index contributed by atoms with van der Waals surface area (Å²) in [5.74, 6) is 0. The molecule has 0 aliphatic rings. The standard InChI is InChI=1S/C50H30N4/c1-3-9-31(10-4-1)43-25-21-33-19-23-40-39(27-28-51-49(40)47(33)52-43)37-17-15-36-30-38(18-16-35(36)29-37)44-26-22-34-20-24-42-46(32-11-5-2-6-12-32)41-13-7-8-14-45(41)54-50(42)48(34)53-44/h1-30H. The number of hydrogen-bond donors (Lipinski definition) is 0. The average Bonchev–Trinajstić information content (AvgIpc) is 3.25. The van der Waals surface area contributed by atoms with E-state index in [0.29, 0.717) is 0 Å².